The van der Waals surface area contributed by atoms with Crippen molar-refractivity contribution < 1.29 is 4.79 Å². The normalized spacial score (nSPS) is 10.1. The number of hydrogen-bond donors (Lipinski definition) is 1. The summed E-state index contributed by atoms with van der Waals surface area (Å²) in [6.45, 7) is 2.49. The first kappa shape index (κ1) is 12.8. The van der Waals surface area contributed by atoms with Gasteiger partial charge in [0.25, 0.3) is 0 Å². The summed E-state index contributed by atoms with van der Waals surface area (Å²) in [7, 11) is 1.75. The molecule has 0 atom stereocenters. The van der Waals surface area contributed by atoms with E-state index >= 15 is 0 Å². The number of Topliss-reactive ketones (excluding diaryl/α,β-unsaturated/α-hetero) is 1. The quantitative estimate of drug-likeness (QED) is 0.608. The van der Waals surface area contributed by atoms with Crippen LogP contribution in [0.25, 0.3) is 0 Å². The monoisotopic (exact) mass is 239 g/mol. The molecule has 1 rings (SSSR count). The molecule has 16 heavy (non-hydrogen) atoms. The topological polar surface area (TPSA) is 46.9 Å². The van der Waals surface area contributed by atoms with Crippen molar-refractivity contribution in [1.29, 1.82) is 0 Å². The number of nitrogens with one attached hydrogen (secondary N) is 1. The highest BCUT2D eigenvalue weighted by Gasteiger charge is 2.14. The first-order chi connectivity index (χ1) is 7.56. The average molecular weight is 240 g/mol. The number of nitrogens with zero attached hydrogens (tertiary/aromatic N) is 2. The SMILES string of the molecule is C#CCNCC(=O)Cc1c(C)nn(C)c1Cl. The number of rotatable bonds is 5. The molecule has 5 heteroatoms. The molecule has 0 unspecified atom stereocenters. The highest BCUT2D eigenvalue weighted by molar-refractivity contribution is 6.30. The average Bonchev–Trinajstić information content (AvgIpc) is 2.46. The molecule has 86 valence electrons. The van der Waals surface area contributed by atoms with E-state index in [9.17, 15) is 4.79 Å². The molecule has 0 radical (unpaired) electrons. The molecule has 1 aromatic rings. The molecule has 0 saturated heterocycles. The molecule has 0 aromatic carbocycles. The van der Waals surface area contributed by atoms with Gasteiger partial charge < -0.3 is 0 Å². The van der Waals surface area contributed by atoms with Gasteiger partial charge in [-0.1, -0.05) is 17.5 Å². The standard InChI is InChI=1S/C11H14ClN3O/c1-4-5-13-7-9(16)6-10-8(2)14-15(3)11(10)12/h1,13H,5-7H2,2-3H3. The molecular formula is C11H14ClN3O. The Kier molecular flexibility index (Phi) is 4.53. The molecule has 0 fully saturated rings. The van der Waals surface area contributed by atoms with Gasteiger partial charge in [-0.3, -0.25) is 14.8 Å². The van der Waals surface area contributed by atoms with E-state index in [0.29, 0.717) is 11.7 Å². The molecule has 0 bridgehead atoms. The maximum absolute atomic E-state index is 11.6. The van der Waals surface area contributed by atoms with Crippen molar-refractivity contribution in [2.75, 3.05) is 13.1 Å². The third-order valence-corrected chi connectivity index (χ3v) is 2.67. The van der Waals surface area contributed by atoms with Crippen LogP contribution in [-0.2, 0) is 18.3 Å². The zero-order valence-corrected chi connectivity index (χ0v) is 10.1. The third kappa shape index (κ3) is 3.09. The van der Waals surface area contributed by atoms with Crippen LogP contribution in [0, 0.1) is 19.3 Å². The minimum absolute atomic E-state index is 0.0493. The number of aromatic nitrogens is 2. The fraction of sp³-hybridized carbons (Fsp3) is 0.455. The van der Waals surface area contributed by atoms with Gasteiger partial charge in [0, 0.05) is 19.0 Å². The minimum Gasteiger partial charge on any atom is -0.299 e. The van der Waals surface area contributed by atoms with E-state index in [0.717, 1.165) is 11.3 Å². The summed E-state index contributed by atoms with van der Waals surface area (Å²) in [5.74, 6) is 2.46. The van der Waals surface area contributed by atoms with Crippen molar-refractivity contribution in [3.05, 3.63) is 16.4 Å². The van der Waals surface area contributed by atoms with E-state index in [2.05, 4.69) is 16.3 Å². The fourth-order valence-corrected chi connectivity index (χ4v) is 1.65. The summed E-state index contributed by atoms with van der Waals surface area (Å²) in [5.41, 5.74) is 1.58. The van der Waals surface area contributed by atoms with Crippen molar-refractivity contribution >= 4 is 17.4 Å². The fourth-order valence-electron chi connectivity index (χ4n) is 1.41. The second kappa shape index (κ2) is 5.69. The van der Waals surface area contributed by atoms with Gasteiger partial charge in [0.1, 0.15) is 5.15 Å². The highest BCUT2D eigenvalue weighted by Crippen LogP contribution is 2.18. The Bertz CT molecular complexity index is 431. The predicted molar refractivity (Wildman–Crippen MR) is 63.4 cm³/mol. The molecule has 0 spiro atoms. The van der Waals surface area contributed by atoms with E-state index in [1.54, 1.807) is 11.7 Å². The second-order valence-corrected chi connectivity index (χ2v) is 3.86. The molecule has 0 aliphatic rings. The number of hydrogen-bond acceptors (Lipinski definition) is 3. The Morgan fingerprint density at radius 2 is 2.38 bits per heavy atom. The van der Waals surface area contributed by atoms with Crippen LogP contribution in [-0.4, -0.2) is 28.7 Å². The first-order valence-corrected chi connectivity index (χ1v) is 5.28. The molecule has 0 saturated carbocycles. The Morgan fingerprint density at radius 3 is 2.88 bits per heavy atom. The highest BCUT2D eigenvalue weighted by atomic mass is 35.5. The molecule has 0 aliphatic carbocycles. The minimum atomic E-state index is 0.0493. The van der Waals surface area contributed by atoms with Gasteiger partial charge in [-0.2, -0.15) is 5.10 Å². The van der Waals surface area contributed by atoms with E-state index < -0.39 is 0 Å². The van der Waals surface area contributed by atoms with Crippen molar-refractivity contribution in [2.24, 2.45) is 7.05 Å². The summed E-state index contributed by atoms with van der Waals surface area (Å²) < 4.78 is 1.56. The van der Waals surface area contributed by atoms with Gasteiger partial charge in [-0.25, -0.2) is 0 Å². The molecule has 1 aromatic heterocycles. The smallest absolute Gasteiger partial charge is 0.151 e. The van der Waals surface area contributed by atoms with Crippen LogP contribution < -0.4 is 5.32 Å². The van der Waals surface area contributed by atoms with Crippen LogP contribution in [0.15, 0.2) is 0 Å². The lowest BCUT2D eigenvalue weighted by molar-refractivity contribution is -0.117. The number of aryl methyl sites for hydroxylation is 2. The third-order valence-electron chi connectivity index (χ3n) is 2.19. The largest absolute Gasteiger partial charge is 0.299 e. The number of halogens is 1. The Hall–Kier alpha value is -1.31. The van der Waals surface area contributed by atoms with Gasteiger partial charge in [-0.05, 0) is 6.92 Å². The van der Waals surface area contributed by atoms with Crippen LogP contribution >= 0.6 is 11.6 Å². The summed E-state index contributed by atoms with van der Waals surface area (Å²) in [6, 6.07) is 0. The van der Waals surface area contributed by atoms with Crippen molar-refractivity contribution in [3.8, 4) is 12.3 Å². The second-order valence-electron chi connectivity index (χ2n) is 3.50. The molecule has 1 heterocycles. The van der Waals surface area contributed by atoms with Gasteiger partial charge in [-0.15, -0.1) is 6.42 Å². The number of terminal acetylenes is 1. The number of ketones is 1. The van der Waals surface area contributed by atoms with Crippen molar-refractivity contribution in [3.63, 3.8) is 0 Å². The zero-order valence-electron chi connectivity index (χ0n) is 9.38. The van der Waals surface area contributed by atoms with E-state index in [-0.39, 0.29) is 18.7 Å². The molecular weight excluding hydrogens is 226 g/mol. The lowest BCUT2D eigenvalue weighted by Crippen LogP contribution is -2.24. The van der Waals surface area contributed by atoms with Crippen molar-refractivity contribution in [2.45, 2.75) is 13.3 Å². The predicted octanol–water partition coefficient (Wildman–Crippen LogP) is 0.716. The summed E-state index contributed by atoms with van der Waals surface area (Å²) in [4.78, 5) is 11.6. The van der Waals surface area contributed by atoms with Gasteiger partial charge in [0.05, 0.1) is 18.8 Å². The van der Waals surface area contributed by atoms with Crippen LogP contribution in [0.1, 0.15) is 11.3 Å². The van der Waals surface area contributed by atoms with E-state index in [1.807, 2.05) is 6.92 Å². The molecule has 1 N–H and O–H groups in total. The maximum Gasteiger partial charge on any atom is 0.151 e. The lowest BCUT2D eigenvalue weighted by Gasteiger charge is -2.01. The molecule has 0 aliphatic heterocycles. The van der Waals surface area contributed by atoms with Gasteiger partial charge >= 0.3 is 0 Å². The maximum atomic E-state index is 11.6. The van der Waals surface area contributed by atoms with Crippen LogP contribution in [0.3, 0.4) is 0 Å². The molecule has 4 nitrogen and oxygen atoms in total. The summed E-state index contributed by atoms with van der Waals surface area (Å²) in [5, 5.41) is 7.50. The van der Waals surface area contributed by atoms with Crippen molar-refractivity contribution in [1.82, 2.24) is 15.1 Å². The Balaban J connectivity index is 2.60. The van der Waals surface area contributed by atoms with Crippen LogP contribution in [0.5, 0.6) is 0 Å². The van der Waals surface area contributed by atoms with Crippen LogP contribution in [0.2, 0.25) is 5.15 Å². The zero-order chi connectivity index (χ0) is 12.1. The lowest BCUT2D eigenvalue weighted by atomic mass is 10.1. The van der Waals surface area contributed by atoms with Gasteiger partial charge in [0.15, 0.2) is 5.78 Å². The summed E-state index contributed by atoms with van der Waals surface area (Å²) >= 11 is 6.01. The van der Waals surface area contributed by atoms with Crippen LogP contribution in [0.4, 0.5) is 0 Å². The first-order valence-electron chi connectivity index (χ1n) is 4.90. The van der Waals surface area contributed by atoms with Gasteiger partial charge in [0.2, 0.25) is 0 Å². The van der Waals surface area contributed by atoms with E-state index in [1.165, 1.54) is 0 Å². The number of carbonyl (C=O) groups is 1. The Morgan fingerprint density at radius 1 is 1.69 bits per heavy atom. The van der Waals surface area contributed by atoms with E-state index in [4.69, 9.17) is 18.0 Å². The Labute approximate surface area is 100.0 Å². The summed E-state index contributed by atoms with van der Waals surface area (Å²) in [6.07, 6.45) is 5.35. The number of carbonyl (C=O) groups excluding carboxylic acids is 1. The molecule has 0 amide bonds.